The van der Waals surface area contributed by atoms with Crippen LogP contribution in [0, 0.1) is 0 Å². The van der Waals surface area contributed by atoms with E-state index in [1.807, 2.05) is 23.1 Å². The van der Waals surface area contributed by atoms with E-state index in [-0.39, 0.29) is 12.0 Å². The predicted octanol–water partition coefficient (Wildman–Crippen LogP) is 1.70. The maximum Gasteiger partial charge on any atom is 0.227 e. The fourth-order valence-electron chi connectivity index (χ4n) is 3.42. The number of aliphatic imine (C=N–C) groups is 1. The molecule has 0 bridgehead atoms. The quantitative estimate of drug-likeness (QED) is 0.468. The topological polar surface area (TPSA) is 66.0 Å². The Morgan fingerprint density at radius 1 is 1.36 bits per heavy atom. The Hall–Kier alpha value is -2.08. The molecule has 136 valence electrons. The highest BCUT2D eigenvalue weighted by molar-refractivity contribution is 5.95. The molecular formula is C19H28N4O2. The van der Waals surface area contributed by atoms with Gasteiger partial charge in [0.2, 0.25) is 5.91 Å². The minimum Gasteiger partial charge on any atom is -0.376 e. The molecule has 2 N–H and O–H groups in total. The summed E-state index contributed by atoms with van der Waals surface area (Å²) < 4.78 is 5.60. The first-order valence-corrected chi connectivity index (χ1v) is 9.22. The highest BCUT2D eigenvalue weighted by atomic mass is 16.5. The molecule has 2 aliphatic heterocycles. The SMILES string of the molecule is CN=C(NCCCC(=O)N1CCc2ccccc21)NCC1CCCO1. The number of nitrogens with zero attached hydrogens (tertiary/aromatic N) is 2. The second kappa shape index (κ2) is 8.85. The van der Waals surface area contributed by atoms with Gasteiger partial charge < -0.3 is 20.3 Å². The molecule has 0 aromatic heterocycles. The van der Waals surface area contributed by atoms with Crippen molar-refractivity contribution in [2.75, 3.05) is 38.2 Å². The lowest BCUT2D eigenvalue weighted by Gasteiger charge is -2.18. The zero-order valence-corrected chi connectivity index (χ0v) is 15.0. The zero-order valence-electron chi connectivity index (χ0n) is 15.0. The van der Waals surface area contributed by atoms with Crippen LogP contribution in [0.2, 0.25) is 0 Å². The molecule has 0 radical (unpaired) electrons. The monoisotopic (exact) mass is 344 g/mol. The molecule has 1 saturated heterocycles. The Balaban J connectivity index is 1.35. The first-order chi connectivity index (χ1) is 12.3. The Kier molecular flexibility index (Phi) is 6.28. The highest BCUT2D eigenvalue weighted by Crippen LogP contribution is 2.27. The zero-order chi connectivity index (χ0) is 17.5. The van der Waals surface area contributed by atoms with E-state index >= 15 is 0 Å². The molecule has 1 fully saturated rings. The van der Waals surface area contributed by atoms with E-state index < -0.39 is 0 Å². The lowest BCUT2D eigenvalue weighted by molar-refractivity contribution is -0.118. The Bertz CT molecular complexity index is 611. The van der Waals surface area contributed by atoms with Crippen molar-refractivity contribution in [3.63, 3.8) is 0 Å². The molecular weight excluding hydrogens is 316 g/mol. The van der Waals surface area contributed by atoms with Crippen molar-refractivity contribution in [1.29, 1.82) is 0 Å². The number of fused-ring (bicyclic) bond motifs is 1. The van der Waals surface area contributed by atoms with Gasteiger partial charge in [-0.2, -0.15) is 0 Å². The van der Waals surface area contributed by atoms with Gasteiger partial charge >= 0.3 is 0 Å². The Morgan fingerprint density at radius 3 is 3.04 bits per heavy atom. The van der Waals surface area contributed by atoms with Crippen molar-refractivity contribution in [2.45, 2.75) is 38.2 Å². The van der Waals surface area contributed by atoms with Crippen LogP contribution in [0.5, 0.6) is 0 Å². The van der Waals surface area contributed by atoms with Gasteiger partial charge in [-0.3, -0.25) is 9.79 Å². The van der Waals surface area contributed by atoms with Gasteiger partial charge in [0, 0.05) is 45.4 Å². The molecule has 6 nitrogen and oxygen atoms in total. The second-order valence-corrected chi connectivity index (χ2v) is 6.54. The molecule has 2 heterocycles. The van der Waals surface area contributed by atoms with Gasteiger partial charge in [0.1, 0.15) is 0 Å². The third-order valence-electron chi connectivity index (χ3n) is 4.79. The van der Waals surface area contributed by atoms with E-state index in [2.05, 4.69) is 21.7 Å². The van der Waals surface area contributed by atoms with Crippen LogP contribution in [0.3, 0.4) is 0 Å². The number of hydrogen-bond donors (Lipinski definition) is 2. The molecule has 1 atom stereocenters. The summed E-state index contributed by atoms with van der Waals surface area (Å²) in [5.41, 5.74) is 2.35. The number of amides is 1. The molecule has 1 aromatic rings. The van der Waals surface area contributed by atoms with Crippen LogP contribution in [0.15, 0.2) is 29.3 Å². The number of hydrogen-bond acceptors (Lipinski definition) is 3. The summed E-state index contributed by atoms with van der Waals surface area (Å²) in [5.74, 6) is 0.975. The number of rotatable bonds is 6. The number of carbonyl (C=O) groups excluding carboxylic acids is 1. The van der Waals surface area contributed by atoms with Gasteiger partial charge in [0.15, 0.2) is 5.96 Å². The number of benzene rings is 1. The number of ether oxygens (including phenoxy) is 1. The summed E-state index contributed by atoms with van der Waals surface area (Å²) in [4.78, 5) is 18.6. The van der Waals surface area contributed by atoms with Crippen LogP contribution >= 0.6 is 0 Å². The van der Waals surface area contributed by atoms with Crippen molar-refractivity contribution in [3.05, 3.63) is 29.8 Å². The van der Waals surface area contributed by atoms with Crippen molar-refractivity contribution >= 4 is 17.6 Å². The smallest absolute Gasteiger partial charge is 0.227 e. The molecule has 1 aromatic carbocycles. The van der Waals surface area contributed by atoms with E-state index in [0.717, 1.165) is 63.6 Å². The van der Waals surface area contributed by atoms with Gasteiger partial charge in [0.05, 0.1) is 6.10 Å². The summed E-state index contributed by atoms with van der Waals surface area (Å²) in [5, 5.41) is 6.56. The summed E-state index contributed by atoms with van der Waals surface area (Å²) in [7, 11) is 1.76. The molecule has 1 unspecified atom stereocenters. The number of guanidine groups is 1. The number of nitrogens with one attached hydrogen (secondary N) is 2. The summed E-state index contributed by atoms with van der Waals surface area (Å²) in [6, 6.07) is 8.17. The third-order valence-corrected chi connectivity index (χ3v) is 4.79. The van der Waals surface area contributed by atoms with E-state index in [1.54, 1.807) is 7.05 Å². The molecule has 1 amide bonds. The van der Waals surface area contributed by atoms with E-state index in [4.69, 9.17) is 4.74 Å². The van der Waals surface area contributed by atoms with Crippen molar-refractivity contribution in [3.8, 4) is 0 Å². The number of anilines is 1. The largest absolute Gasteiger partial charge is 0.376 e. The molecule has 25 heavy (non-hydrogen) atoms. The maximum absolute atomic E-state index is 12.5. The van der Waals surface area contributed by atoms with Crippen LogP contribution in [0.25, 0.3) is 0 Å². The first-order valence-electron chi connectivity index (χ1n) is 9.22. The average molecular weight is 344 g/mol. The third kappa shape index (κ3) is 4.72. The Morgan fingerprint density at radius 2 is 2.24 bits per heavy atom. The van der Waals surface area contributed by atoms with Crippen LogP contribution in [0.4, 0.5) is 5.69 Å². The van der Waals surface area contributed by atoms with Crippen LogP contribution in [0.1, 0.15) is 31.2 Å². The minimum atomic E-state index is 0.203. The van der Waals surface area contributed by atoms with Gasteiger partial charge in [0.25, 0.3) is 0 Å². The maximum atomic E-state index is 12.5. The first kappa shape index (κ1) is 17.7. The van der Waals surface area contributed by atoms with Gasteiger partial charge in [-0.25, -0.2) is 0 Å². The van der Waals surface area contributed by atoms with Gasteiger partial charge in [-0.1, -0.05) is 18.2 Å². The van der Waals surface area contributed by atoms with Crippen LogP contribution in [-0.2, 0) is 16.0 Å². The van der Waals surface area contributed by atoms with Crippen molar-refractivity contribution in [1.82, 2.24) is 10.6 Å². The number of para-hydroxylation sites is 1. The Labute approximate surface area is 149 Å². The number of carbonyl (C=O) groups is 1. The summed E-state index contributed by atoms with van der Waals surface area (Å²) >= 11 is 0. The van der Waals surface area contributed by atoms with E-state index in [1.165, 1.54) is 5.56 Å². The lowest BCUT2D eigenvalue weighted by Crippen LogP contribution is -2.41. The van der Waals surface area contributed by atoms with Crippen LogP contribution in [-0.4, -0.2) is 51.3 Å². The second-order valence-electron chi connectivity index (χ2n) is 6.54. The normalized spacial score (nSPS) is 19.8. The predicted molar refractivity (Wildman–Crippen MR) is 100 cm³/mol. The molecule has 0 spiro atoms. The van der Waals surface area contributed by atoms with Crippen molar-refractivity contribution < 1.29 is 9.53 Å². The standard InChI is InChI=1S/C19H28N4O2/c1-20-19(22-14-16-7-5-13-25-16)21-11-4-9-18(24)23-12-10-15-6-2-3-8-17(15)23/h2-3,6,8,16H,4-5,7,9-14H2,1H3,(H2,20,21,22). The lowest BCUT2D eigenvalue weighted by atomic mass is 10.2. The fourth-order valence-corrected chi connectivity index (χ4v) is 3.42. The molecule has 0 saturated carbocycles. The van der Waals surface area contributed by atoms with Crippen molar-refractivity contribution in [2.24, 2.45) is 4.99 Å². The van der Waals surface area contributed by atoms with E-state index in [9.17, 15) is 4.79 Å². The molecule has 0 aliphatic carbocycles. The van der Waals surface area contributed by atoms with E-state index in [0.29, 0.717) is 6.42 Å². The average Bonchev–Trinajstić information content (AvgIpc) is 3.30. The van der Waals surface area contributed by atoms with Crippen LogP contribution < -0.4 is 15.5 Å². The molecule has 3 rings (SSSR count). The minimum absolute atomic E-state index is 0.203. The molecule has 6 heteroatoms. The summed E-state index contributed by atoms with van der Waals surface area (Å²) in [6.07, 6.45) is 4.83. The molecule has 2 aliphatic rings. The highest BCUT2D eigenvalue weighted by Gasteiger charge is 2.23. The van der Waals surface area contributed by atoms with Gasteiger partial charge in [-0.05, 0) is 37.3 Å². The summed E-state index contributed by atoms with van der Waals surface area (Å²) in [6.45, 7) is 3.17. The van der Waals surface area contributed by atoms with Gasteiger partial charge in [-0.15, -0.1) is 0 Å². The fraction of sp³-hybridized carbons (Fsp3) is 0.579.